The molecular weight excluding hydrogens is 707 g/mol. The van der Waals surface area contributed by atoms with Crippen LogP contribution >= 0.6 is 15.9 Å². The quantitative estimate of drug-likeness (QED) is 0.106. The lowest BCUT2D eigenvalue weighted by Crippen LogP contribution is -2.29. The Kier molecular flexibility index (Phi) is 17.0. The van der Waals surface area contributed by atoms with E-state index in [-0.39, 0.29) is 10.8 Å². The van der Waals surface area contributed by atoms with Crippen molar-refractivity contribution in [2.75, 3.05) is 27.2 Å². The number of hydrogen-bond donors (Lipinski definition) is 2. The van der Waals surface area contributed by atoms with Gasteiger partial charge in [-0.25, -0.2) is 9.98 Å². The molecule has 0 radical (unpaired) electrons. The van der Waals surface area contributed by atoms with Crippen LogP contribution in [0.4, 0.5) is 11.4 Å². The van der Waals surface area contributed by atoms with Gasteiger partial charge in [-0.15, -0.1) is 0 Å². The van der Waals surface area contributed by atoms with Crippen molar-refractivity contribution in [3.8, 4) is 11.1 Å². The van der Waals surface area contributed by atoms with Crippen molar-refractivity contribution in [1.29, 1.82) is 0 Å². The Labute approximate surface area is 324 Å². The first-order valence-corrected chi connectivity index (χ1v) is 18.9. The summed E-state index contributed by atoms with van der Waals surface area (Å²) in [7, 11) is 2.69. The highest BCUT2D eigenvalue weighted by Crippen LogP contribution is 2.32. The number of benzene rings is 4. The summed E-state index contributed by atoms with van der Waals surface area (Å²) in [6, 6.07) is 24.9. The summed E-state index contributed by atoms with van der Waals surface area (Å²) in [5.41, 5.74) is 12.9. The van der Waals surface area contributed by atoms with Gasteiger partial charge < -0.3 is 19.8 Å². The molecule has 0 heterocycles. The number of halogens is 1. The summed E-state index contributed by atoms with van der Waals surface area (Å²) in [4.78, 5) is 13.2. The Bertz CT molecular complexity index is 1770. The normalized spacial score (nSPS) is 11.6. The van der Waals surface area contributed by atoms with Gasteiger partial charge in [0.1, 0.15) is 0 Å². The molecule has 2 N–H and O–H groups in total. The molecule has 0 bridgehead atoms. The average molecular weight is 770 g/mol. The molecule has 4 aromatic carbocycles. The molecule has 0 saturated carbocycles. The summed E-state index contributed by atoms with van der Waals surface area (Å²) < 4.78 is 1.14. The number of aliphatic imine (C=N–C) groups is 2. The van der Waals surface area contributed by atoms with Crippen LogP contribution < -0.4 is 5.46 Å². The molecule has 0 aliphatic carbocycles. The van der Waals surface area contributed by atoms with E-state index in [9.17, 15) is 0 Å². The van der Waals surface area contributed by atoms with E-state index in [1.807, 2.05) is 38.9 Å². The monoisotopic (exact) mass is 768 g/mol. The molecule has 0 aliphatic heterocycles. The lowest BCUT2D eigenvalue weighted by molar-refractivity contribution is 0.425. The maximum atomic E-state index is 8.87. The van der Waals surface area contributed by atoms with Crippen LogP contribution in [0.15, 0.2) is 87.3 Å². The van der Waals surface area contributed by atoms with Gasteiger partial charge in [-0.1, -0.05) is 106 Å². The highest BCUT2D eigenvalue weighted by Gasteiger charge is 2.16. The molecular formula is C44H62BBrN4O2. The standard InChI is InChI=1S/C22H30N2.C12H17BrN2.C10H15BO2/c1-8-24(7)15-23-21-14-16(2)20(13-17(21)3)18-9-11-19(12-10-18)22(4,5)6;1-5-15(4)8-14-12-7-9(2)11(13)6-10(12)3;1-10(2,3)8-4-6-9(7-5-8)11(12)13/h9-15H,8H2,1-7H3;6-8H,5H2,1-4H3;4-7,12-13H,1-3H3. The van der Waals surface area contributed by atoms with Gasteiger partial charge >= 0.3 is 7.12 Å². The Morgan fingerprint density at radius 2 is 1.02 bits per heavy atom. The molecule has 0 saturated heterocycles. The van der Waals surface area contributed by atoms with Crippen molar-refractivity contribution in [2.24, 2.45) is 9.98 Å². The fraction of sp³-hybridized carbons (Fsp3) is 0.409. The van der Waals surface area contributed by atoms with E-state index < -0.39 is 7.12 Å². The minimum atomic E-state index is -1.37. The first-order valence-electron chi connectivity index (χ1n) is 18.1. The third-order valence-corrected chi connectivity index (χ3v) is 9.80. The van der Waals surface area contributed by atoms with Gasteiger partial charge in [0.05, 0.1) is 24.1 Å². The van der Waals surface area contributed by atoms with Gasteiger partial charge in [-0.3, -0.25) is 0 Å². The molecule has 0 unspecified atom stereocenters. The second kappa shape index (κ2) is 19.9. The van der Waals surface area contributed by atoms with Crippen LogP contribution in [-0.4, -0.2) is 66.8 Å². The highest BCUT2D eigenvalue weighted by molar-refractivity contribution is 9.10. The van der Waals surface area contributed by atoms with Crippen molar-refractivity contribution in [3.63, 3.8) is 0 Å². The van der Waals surface area contributed by atoms with E-state index in [1.54, 1.807) is 12.1 Å². The van der Waals surface area contributed by atoms with E-state index in [4.69, 9.17) is 10.0 Å². The van der Waals surface area contributed by atoms with E-state index in [0.717, 1.165) is 28.9 Å². The van der Waals surface area contributed by atoms with E-state index in [2.05, 4.69) is 167 Å². The largest absolute Gasteiger partial charge is 0.488 e. The van der Waals surface area contributed by atoms with Crippen molar-refractivity contribution in [1.82, 2.24) is 9.80 Å². The van der Waals surface area contributed by atoms with Crippen LogP contribution in [0.5, 0.6) is 0 Å². The lowest BCUT2D eigenvalue weighted by atomic mass is 9.78. The minimum absolute atomic E-state index is 0.110. The zero-order chi connectivity index (χ0) is 39.4. The van der Waals surface area contributed by atoms with Crippen molar-refractivity contribution in [3.05, 3.63) is 111 Å². The maximum Gasteiger partial charge on any atom is 0.488 e. The Balaban J connectivity index is 0.000000288. The molecule has 0 aromatic heterocycles. The topological polar surface area (TPSA) is 71.7 Å². The van der Waals surface area contributed by atoms with Gasteiger partial charge in [0, 0.05) is 31.7 Å². The molecule has 52 heavy (non-hydrogen) atoms. The van der Waals surface area contributed by atoms with Gasteiger partial charge in [-0.2, -0.15) is 0 Å². The van der Waals surface area contributed by atoms with Crippen LogP contribution in [-0.2, 0) is 10.8 Å². The van der Waals surface area contributed by atoms with Crippen LogP contribution in [0.3, 0.4) is 0 Å². The predicted molar refractivity (Wildman–Crippen MR) is 232 cm³/mol. The van der Waals surface area contributed by atoms with Crippen LogP contribution in [0.25, 0.3) is 11.1 Å². The van der Waals surface area contributed by atoms with Crippen molar-refractivity contribution < 1.29 is 10.0 Å². The molecule has 280 valence electrons. The third kappa shape index (κ3) is 14.0. The van der Waals surface area contributed by atoms with Gasteiger partial charge in [-0.05, 0) is 127 Å². The number of hydrogen-bond acceptors (Lipinski definition) is 4. The Hall–Kier alpha value is -3.72. The van der Waals surface area contributed by atoms with Crippen LogP contribution in [0, 0.1) is 27.7 Å². The SMILES string of the molecule is CC(C)(C)c1ccc(B(O)O)cc1.CCN(C)C=Nc1cc(C)c(-c2ccc(C(C)(C)C)cc2)cc1C.CCN(C)C=Nc1cc(C)c(Br)cc1C. The first kappa shape index (κ1) is 44.4. The third-order valence-electron chi connectivity index (χ3n) is 8.94. The molecule has 8 heteroatoms. The number of rotatable bonds is 8. The zero-order valence-corrected chi connectivity index (χ0v) is 35.7. The molecule has 6 nitrogen and oxygen atoms in total. The Morgan fingerprint density at radius 1 is 0.615 bits per heavy atom. The summed E-state index contributed by atoms with van der Waals surface area (Å²) >= 11 is 3.51. The molecule has 0 fully saturated rings. The molecule has 0 aliphatic rings. The van der Waals surface area contributed by atoms with Crippen molar-refractivity contribution in [2.45, 2.75) is 93.9 Å². The van der Waals surface area contributed by atoms with E-state index in [0.29, 0.717) is 5.46 Å². The predicted octanol–water partition coefficient (Wildman–Crippen LogP) is 10.2. The number of aryl methyl sites for hydroxylation is 4. The first-order chi connectivity index (χ1) is 24.2. The molecule has 4 rings (SSSR count). The van der Waals surface area contributed by atoms with Gasteiger partial charge in [0.2, 0.25) is 0 Å². The maximum absolute atomic E-state index is 8.87. The van der Waals surface area contributed by atoms with Crippen molar-refractivity contribution >= 4 is 52.6 Å². The smallest absolute Gasteiger partial charge is 0.423 e. The van der Waals surface area contributed by atoms with Crippen LogP contribution in [0.1, 0.15) is 88.8 Å². The zero-order valence-electron chi connectivity index (χ0n) is 34.1. The fourth-order valence-electron chi connectivity index (χ4n) is 4.95. The minimum Gasteiger partial charge on any atom is -0.423 e. The summed E-state index contributed by atoms with van der Waals surface area (Å²) in [5.74, 6) is 0. The second-order valence-electron chi connectivity index (χ2n) is 15.6. The van der Waals surface area contributed by atoms with Crippen LogP contribution in [0.2, 0.25) is 0 Å². The summed E-state index contributed by atoms with van der Waals surface area (Å²) in [5, 5.41) is 17.7. The highest BCUT2D eigenvalue weighted by atomic mass is 79.9. The van der Waals surface area contributed by atoms with E-state index >= 15 is 0 Å². The molecule has 0 amide bonds. The Morgan fingerprint density at radius 3 is 1.42 bits per heavy atom. The molecule has 0 atom stereocenters. The van der Waals surface area contributed by atoms with E-state index in [1.165, 1.54) is 44.5 Å². The molecule has 0 spiro atoms. The summed E-state index contributed by atoms with van der Waals surface area (Å²) in [6.07, 6.45) is 3.77. The molecule has 4 aromatic rings. The number of nitrogens with zero attached hydrogens (tertiary/aromatic N) is 4. The fourth-order valence-corrected chi connectivity index (χ4v) is 5.40. The van der Waals surface area contributed by atoms with Gasteiger partial charge in [0.25, 0.3) is 0 Å². The summed E-state index contributed by atoms with van der Waals surface area (Å²) in [6.45, 7) is 27.7. The van der Waals surface area contributed by atoms with Gasteiger partial charge in [0.15, 0.2) is 0 Å². The second-order valence-corrected chi connectivity index (χ2v) is 16.4. The average Bonchev–Trinajstić information content (AvgIpc) is 3.09. The lowest BCUT2D eigenvalue weighted by Gasteiger charge is -2.19.